The Morgan fingerprint density at radius 2 is 1.68 bits per heavy atom. The lowest BCUT2D eigenvalue weighted by molar-refractivity contribution is 0.0691. The molecule has 0 spiro atoms. The van der Waals surface area contributed by atoms with Gasteiger partial charge >= 0.3 is 0 Å². The lowest BCUT2D eigenvalue weighted by Crippen LogP contribution is -2.34. The van der Waals surface area contributed by atoms with Crippen LogP contribution in [0.25, 0.3) is 5.69 Å². The van der Waals surface area contributed by atoms with Crippen molar-refractivity contribution in [1.82, 2.24) is 9.47 Å². The Bertz CT molecular complexity index is 1290. The van der Waals surface area contributed by atoms with E-state index in [9.17, 15) is 4.79 Å². The molecule has 0 N–H and O–H groups in total. The van der Waals surface area contributed by atoms with Crippen molar-refractivity contribution in [1.29, 1.82) is 5.26 Å². The van der Waals surface area contributed by atoms with Crippen LogP contribution in [0.15, 0.2) is 91.1 Å². The van der Waals surface area contributed by atoms with Gasteiger partial charge in [0.1, 0.15) is 0 Å². The number of aryl methyl sites for hydroxylation is 1. The fourth-order valence-electron chi connectivity index (χ4n) is 4.29. The molecule has 0 radical (unpaired) electrons. The van der Waals surface area contributed by atoms with E-state index in [0.717, 1.165) is 22.5 Å². The summed E-state index contributed by atoms with van der Waals surface area (Å²) in [6.45, 7) is 2.56. The first kappa shape index (κ1) is 18.9. The Hall–Kier alpha value is -4.10. The van der Waals surface area contributed by atoms with E-state index in [1.807, 2.05) is 23.1 Å². The monoisotopic (exact) mass is 403 g/mol. The molecule has 31 heavy (non-hydrogen) atoms. The molecule has 4 heteroatoms. The molecule has 1 amide bonds. The number of nitriles is 1. The number of carbonyl (C=O) groups is 1. The van der Waals surface area contributed by atoms with E-state index >= 15 is 0 Å². The van der Waals surface area contributed by atoms with Crippen molar-refractivity contribution in [3.05, 3.63) is 125 Å². The predicted molar refractivity (Wildman–Crippen MR) is 120 cm³/mol. The van der Waals surface area contributed by atoms with Crippen molar-refractivity contribution in [2.24, 2.45) is 0 Å². The van der Waals surface area contributed by atoms with Crippen LogP contribution in [0.1, 0.15) is 44.3 Å². The van der Waals surface area contributed by atoms with Crippen molar-refractivity contribution in [2.75, 3.05) is 0 Å². The van der Waals surface area contributed by atoms with E-state index in [1.165, 1.54) is 5.56 Å². The number of nitrogens with zero attached hydrogens (tertiary/aromatic N) is 3. The number of benzene rings is 3. The third-order valence-electron chi connectivity index (χ3n) is 5.88. The van der Waals surface area contributed by atoms with Gasteiger partial charge in [0.15, 0.2) is 0 Å². The van der Waals surface area contributed by atoms with E-state index in [0.29, 0.717) is 17.7 Å². The van der Waals surface area contributed by atoms with E-state index < -0.39 is 0 Å². The zero-order valence-corrected chi connectivity index (χ0v) is 17.2. The third kappa shape index (κ3) is 3.31. The normalized spacial score (nSPS) is 14.8. The molecule has 2 heterocycles. The second-order valence-corrected chi connectivity index (χ2v) is 7.87. The largest absolute Gasteiger partial charge is 0.322 e. The number of hydrogen-bond acceptors (Lipinski definition) is 2. The van der Waals surface area contributed by atoms with Crippen LogP contribution in [0.2, 0.25) is 0 Å². The summed E-state index contributed by atoms with van der Waals surface area (Å²) in [6.07, 6.45) is 2.06. The lowest BCUT2D eigenvalue weighted by atomic mass is 9.99. The van der Waals surface area contributed by atoms with Gasteiger partial charge < -0.3 is 9.47 Å². The molecular weight excluding hydrogens is 382 g/mol. The zero-order valence-electron chi connectivity index (χ0n) is 17.2. The molecule has 4 nitrogen and oxygen atoms in total. The van der Waals surface area contributed by atoms with Gasteiger partial charge in [-0.25, -0.2) is 0 Å². The van der Waals surface area contributed by atoms with E-state index in [1.54, 1.807) is 24.3 Å². The van der Waals surface area contributed by atoms with Crippen molar-refractivity contribution >= 4 is 5.91 Å². The fraction of sp³-hybridized carbons (Fsp3) is 0.111. The lowest BCUT2D eigenvalue weighted by Gasteiger charge is -2.31. The number of aromatic nitrogens is 1. The van der Waals surface area contributed by atoms with Gasteiger partial charge in [0.25, 0.3) is 5.91 Å². The highest BCUT2D eigenvalue weighted by Crippen LogP contribution is 2.37. The van der Waals surface area contributed by atoms with Crippen molar-refractivity contribution in [3.63, 3.8) is 0 Å². The number of carbonyl (C=O) groups excluding carboxylic acids is 1. The maximum absolute atomic E-state index is 13.8. The molecule has 0 saturated heterocycles. The van der Waals surface area contributed by atoms with Gasteiger partial charge in [-0.2, -0.15) is 5.26 Å². The number of fused-ring (bicyclic) bond motifs is 3. The summed E-state index contributed by atoms with van der Waals surface area (Å²) in [6, 6.07) is 29.5. The van der Waals surface area contributed by atoms with Crippen LogP contribution in [0, 0.1) is 18.3 Å². The Labute approximate surface area is 181 Å². The quantitative estimate of drug-likeness (QED) is 0.450. The van der Waals surface area contributed by atoms with Gasteiger partial charge in [0, 0.05) is 24.0 Å². The summed E-state index contributed by atoms with van der Waals surface area (Å²) < 4.78 is 2.19. The van der Waals surface area contributed by atoms with Gasteiger partial charge in [-0.05, 0) is 60.5 Å². The Kier molecular flexibility index (Phi) is 4.65. The van der Waals surface area contributed by atoms with Gasteiger partial charge in [-0.3, -0.25) is 4.79 Å². The second kappa shape index (κ2) is 7.62. The first-order valence-corrected chi connectivity index (χ1v) is 10.3. The zero-order chi connectivity index (χ0) is 21.4. The molecule has 150 valence electrons. The molecule has 1 aromatic heterocycles. The molecule has 0 bridgehead atoms. The molecule has 1 unspecified atom stereocenters. The first-order chi connectivity index (χ1) is 15.2. The van der Waals surface area contributed by atoms with Gasteiger partial charge in [-0.1, -0.05) is 48.0 Å². The summed E-state index contributed by atoms with van der Waals surface area (Å²) in [5, 5.41) is 9.11. The predicted octanol–water partition coefficient (Wildman–Crippen LogP) is 5.40. The van der Waals surface area contributed by atoms with Crippen LogP contribution < -0.4 is 0 Å². The van der Waals surface area contributed by atoms with E-state index in [4.69, 9.17) is 5.26 Å². The second-order valence-electron chi connectivity index (χ2n) is 7.87. The highest BCUT2D eigenvalue weighted by molar-refractivity contribution is 5.95. The van der Waals surface area contributed by atoms with E-state index in [-0.39, 0.29) is 11.9 Å². The minimum Gasteiger partial charge on any atom is -0.322 e. The topological polar surface area (TPSA) is 49.0 Å². The highest BCUT2D eigenvalue weighted by Gasteiger charge is 2.33. The van der Waals surface area contributed by atoms with Crippen LogP contribution in [0.5, 0.6) is 0 Å². The molecule has 0 aliphatic carbocycles. The first-order valence-electron chi connectivity index (χ1n) is 10.3. The van der Waals surface area contributed by atoms with Crippen LogP contribution in [0.4, 0.5) is 0 Å². The molecule has 4 aromatic rings. The molecule has 0 fully saturated rings. The molecule has 1 aliphatic heterocycles. The summed E-state index contributed by atoms with van der Waals surface area (Å²) >= 11 is 0. The molecule has 1 aliphatic rings. The SMILES string of the molecule is Cc1ccc(C2c3cccn3-c3ccccc3CN2C(=O)c2ccc(C#N)cc2)cc1. The smallest absolute Gasteiger partial charge is 0.254 e. The third-order valence-corrected chi connectivity index (χ3v) is 5.88. The maximum atomic E-state index is 13.8. The summed E-state index contributed by atoms with van der Waals surface area (Å²) in [5.74, 6) is -0.0560. The van der Waals surface area contributed by atoms with Crippen LogP contribution in [0.3, 0.4) is 0 Å². The van der Waals surface area contributed by atoms with Gasteiger partial charge in [0.2, 0.25) is 0 Å². The summed E-state index contributed by atoms with van der Waals surface area (Å²) in [5.41, 5.74) is 6.61. The minimum atomic E-state index is -0.230. The highest BCUT2D eigenvalue weighted by atomic mass is 16.2. The van der Waals surface area contributed by atoms with Crippen LogP contribution in [-0.4, -0.2) is 15.4 Å². The van der Waals surface area contributed by atoms with Crippen LogP contribution >= 0.6 is 0 Å². The molecule has 1 atom stereocenters. The molecular formula is C27H21N3O. The van der Waals surface area contributed by atoms with Crippen molar-refractivity contribution < 1.29 is 4.79 Å². The standard InChI is InChI=1S/C27H21N3O/c1-19-8-12-21(13-9-19)26-25-7-4-16-29(25)24-6-3-2-5-23(24)18-30(26)27(31)22-14-10-20(17-28)11-15-22/h2-16,26H,18H2,1H3. The Balaban J connectivity index is 1.69. The fourth-order valence-corrected chi connectivity index (χ4v) is 4.29. The molecule has 0 saturated carbocycles. The molecule has 3 aromatic carbocycles. The maximum Gasteiger partial charge on any atom is 0.254 e. The summed E-state index contributed by atoms with van der Waals surface area (Å²) in [4.78, 5) is 15.7. The van der Waals surface area contributed by atoms with Gasteiger partial charge in [-0.15, -0.1) is 0 Å². The van der Waals surface area contributed by atoms with Crippen molar-refractivity contribution in [3.8, 4) is 11.8 Å². The molecule has 5 rings (SSSR count). The number of amides is 1. The number of para-hydroxylation sites is 1. The Morgan fingerprint density at radius 3 is 2.42 bits per heavy atom. The minimum absolute atomic E-state index is 0.0560. The average Bonchev–Trinajstić information content (AvgIpc) is 3.24. The number of rotatable bonds is 2. The van der Waals surface area contributed by atoms with Gasteiger partial charge in [0.05, 0.1) is 23.4 Å². The Morgan fingerprint density at radius 1 is 0.935 bits per heavy atom. The van der Waals surface area contributed by atoms with Crippen molar-refractivity contribution in [2.45, 2.75) is 19.5 Å². The van der Waals surface area contributed by atoms with Crippen LogP contribution in [-0.2, 0) is 6.54 Å². The van der Waals surface area contributed by atoms with E-state index in [2.05, 4.69) is 66.2 Å². The number of hydrogen-bond donors (Lipinski definition) is 0. The summed E-state index contributed by atoms with van der Waals surface area (Å²) in [7, 11) is 0. The average molecular weight is 403 g/mol.